The van der Waals surface area contributed by atoms with E-state index >= 15 is 0 Å². The first-order valence-electron chi connectivity index (χ1n) is 16.1. The highest BCUT2D eigenvalue weighted by atomic mass is 16.6. The molecule has 12 atom stereocenters. The quantitative estimate of drug-likeness (QED) is 0.343. The third-order valence-electron chi connectivity index (χ3n) is 13.7. The van der Waals surface area contributed by atoms with Gasteiger partial charge in [-0.2, -0.15) is 0 Å². The van der Waals surface area contributed by atoms with Gasteiger partial charge in [0.15, 0.2) is 6.10 Å². The van der Waals surface area contributed by atoms with Crippen molar-refractivity contribution in [2.75, 3.05) is 7.11 Å². The molecule has 5 nitrogen and oxygen atoms in total. The highest BCUT2D eigenvalue weighted by Crippen LogP contribution is 2.83. The number of carbonyl (C=O) groups excluding carboxylic acids is 1. The van der Waals surface area contributed by atoms with Crippen LogP contribution in [0, 0.1) is 51.2 Å². The summed E-state index contributed by atoms with van der Waals surface area (Å²) in [5.74, 6) is 2.78. The van der Waals surface area contributed by atoms with Crippen LogP contribution in [0.5, 0.6) is 0 Å². The summed E-state index contributed by atoms with van der Waals surface area (Å²) in [6.07, 6.45) is 10.9. The normalized spacial score (nSPS) is 49.4. The maximum atomic E-state index is 11.9. The zero-order chi connectivity index (χ0) is 28.8. The van der Waals surface area contributed by atoms with E-state index in [4.69, 9.17) is 14.2 Å². The van der Waals surface area contributed by atoms with Gasteiger partial charge in [-0.25, -0.2) is 0 Å². The van der Waals surface area contributed by atoms with Crippen LogP contribution < -0.4 is 0 Å². The Bertz CT molecular complexity index is 938. The SMILES string of the molecule is CO[C@H]1CC[C@]23C[C@@]2(CC[C@]2(C)C4C(C)CC([C@H](OC(C)=O)C(C)(C)O)OC4C[C@@H]2C)[C@H](C)CCC3C1(C)C. The highest BCUT2D eigenvalue weighted by Gasteiger charge is 2.76. The van der Waals surface area contributed by atoms with Crippen LogP contribution in [-0.2, 0) is 19.0 Å². The fraction of sp³-hybridized carbons (Fsp3) is 0.971. The van der Waals surface area contributed by atoms with E-state index in [0.29, 0.717) is 34.7 Å². The van der Waals surface area contributed by atoms with Gasteiger partial charge in [-0.3, -0.25) is 4.79 Å². The van der Waals surface area contributed by atoms with Gasteiger partial charge in [-0.05, 0) is 123 Å². The number of fused-ring (bicyclic) bond motifs is 1. The number of ether oxygens (including phenoxy) is 3. The number of rotatable bonds is 7. The van der Waals surface area contributed by atoms with Crippen molar-refractivity contribution in [2.24, 2.45) is 51.2 Å². The van der Waals surface area contributed by atoms with Gasteiger partial charge in [0, 0.05) is 14.0 Å². The van der Waals surface area contributed by atoms with E-state index in [2.05, 4.69) is 41.5 Å². The smallest absolute Gasteiger partial charge is 0.303 e. The Morgan fingerprint density at radius 2 is 1.74 bits per heavy atom. The second kappa shape index (κ2) is 9.69. The lowest BCUT2D eigenvalue weighted by atomic mass is 9.51. The summed E-state index contributed by atoms with van der Waals surface area (Å²) in [4.78, 5) is 11.9. The van der Waals surface area contributed by atoms with Gasteiger partial charge in [0.1, 0.15) is 0 Å². The average Bonchev–Trinajstić information content (AvgIpc) is 3.42. The van der Waals surface area contributed by atoms with Crippen molar-refractivity contribution in [1.82, 2.24) is 0 Å². The van der Waals surface area contributed by atoms with Gasteiger partial charge in [-0.15, -0.1) is 0 Å². The molecular formula is C34H58O5. The molecular weight excluding hydrogens is 488 g/mol. The Labute approximate surface area is 238 Å². The van der Waals surface area contributed by atoms with Crippen molar-refractivity contribution in [3.63, 3.8) is 0 Å². The van der Waals surface area contributed by atoms with E-state index in [1.807, 2.05) is 7.11 Å². The lowest BCUT2D eigenvalue weighted by Crippen LogP contribution is -2.54. The average molecular weight is 547 g/mol. The minimum atomic E-state index is -1.14. The van der Waals surface area contributed by atoms with E-state index in [9.17, 15) is 9.90 Å². The summed E-state index contributed by atoms with van der Waals surface area (Å²) in [5, 5.41) is 10.8. The van der Waals surface area contributed by atoms with Crippen molar-refractivity contribution in [3.05, 3.63) is 0 Å². The Kier molecular flexibility index (Phi) is 7.41. The number of methoxy groups -OCH3 is 1. The molecule has 1 aliphatic heterocycles. The van der Waals surface area contributed by atoms with Crippen LogP contribution in [-0.4, -0.2) is 48.2 Å². The summed E-state index contributed by atoms with van der Waals surface area (Å²) in [6.45, 7) is 19.8. The second-order valence-electron chi connectivity index (χ2n) is 16.4. The van der Waals surface area contributed by atoms with Gasteiger partial charge in [0.2, 0.25) is 0 Å². The molecule has 1 spiro atoms. The van der Waals surface area contributed by atoms with Crippen molar-refractivity contribution in [3.8, 4) is 0 Å². The van der Waals surface area contributed by atoms with Crippen molar-refractivity contribution in [1.29, 1.82) is 0 Å². The van der Waals surface area contributed by atoms with Crippen LogP contribution >= 0.6 is 0 Å². The standard InChI is InChI=1S/C34H58O5/c1-20-17-25(29(31(7,8)36)38-23(4)35)39-24-18-22(3)32(9,28(20)24)15-16-33-19-34(33)14-13-27(37-10)30(5,6)26(34)12-11-21(33)2/h20-22,24-29,36H,11-19H2,1-10H3/t20?,21-,22+,24?,25?,26?,27+,28?,29+,32+,33+,34-/m1/s1. The fourth-order valence-corrected chi connectivity index (χ4v) is 11.6. The first-order chi connectivity index (χ1) is 18.0. The molecule has 5 aliphatic rings. The van der Waals surface area contributed by atoms with Gasteiger partial charge < -0.3 is 19.3 Å². The molecule has 5 unspecified atom stereocenters. The molecule has 0 radical (unpaired) electrons. The Hall–Kier alpha value is -0.650. The molecule has 1 N–H and O–H groups in total. The van der Waals surface area contributed by atoms with E-state index in [1.165, 1.54) is 51.9 Å². The number of hydrogen-bond acceptors (Lipinski definition) is 5. The molecule has 4 saturated carbocycles. The predicted octanol–water partition coefficient (Wildman–Crippen LogP) is 7.18. The first-order valence-corrected chi connectivity index (χ1v) is 16.1. The molecule has 0 aromatic carbocycles. The summed E-state index contributed by atoms with van der Waals surface area (Å²) in [6, 6.07) is 0. The van der Waals surface area contributed by atoms with E-state index in [1.54, 1.807) is 13.8 Å². The van der Waals surface area contributed by atoms with Gasteiger partial charge in [0.05, 0.1) is 23.9 Å². The molecule has 39 heavy (non-hydrogen) atoms. The summed E-state index contributed by atoms with van der Waals surface area (Å²) in [7, 11) is 1.92. The molecule has 0 aromatic rings. The molecule has 1 heterocycles. The van der Waals surface area contributed by atoms with Crippen LogP contribution in [0.1, 0.15) is 120 Å². The Balaban J connectivity index is 1.34. The third-order valence-corrected chi connectivity index (χ3v) is 13.7. The molecule has 0 aromatic heterocycles. The number of hydrogen-bond donors (Lipinski definition) is 1. The molecule has 0 amide bonds. The van der Waals surface area contributed by atoms with Crippen LogP contribution in [0.4, 0.5) is 0 Å². The molecule has 224 valence electrons. The van der Waals surface area contributed by atoms with Crippen molar-refractivity contribution in [2.45, 2.75) is 150 Å². The minimum absolute atomic E-state index is 0.164. The van der Waals surface area contributed by atoms with Crippen molar-refractivity contribution < 1.29 is 24.1 Å². The van der Waals surface area contributed by atoms with E-state index in [0.717, 1.165) is 24.7 Å². The number of carbonyl (C=O) groups is 1. The van der Waals surface area contributed by atoms with Gasteiger partial charge in [0.25, 0.3) is 0 Å². The summed E-state index contributed by atoms with van der Waals surface area (Å²) < 4.78 is 18.4. The van der Waals surface area contributed by atoms with Crippen LogP contribution in [0.25, 0.3) is 0 Å². The van der Waals surface area contributed by atoms with E-state index < -0.39 is 11.7 Å². The fourth-order valence-electron chi connectivity index (χ4n) is 11.6. The monoisotopic (exact) mass is 546 g/mol. The van der Waals surface area contributed by atoms with Gasteiger partial charge in [-0.1, -0.05) is 41.5 Å². The minimum Gasteiger partial charge on any atom is -0.457 e. The van der Waals surface area contributed by atoms with Crippen molar-refractivity contribution >= 4 is 5.97 Å². The molecule has 1 saturated heterocycles. The van der Waals surface area contributed by atoms with E-state index in [-0.39, 0.29) is 29.0 Å². The summed E-state index contributed by atoms with van der Waals surface area (Å²) >= 11 is 0. The highest BCUT2D eigenvalue weighted by molar-refractivity contribution is 5.66. The Morgan fingerprint density at radius 3 is 2.36 bits per heavy atom. The lowest BCUT2D eigenvalue weighted by molar-refractivity contribution is -0.207. The molecule has 0 bridgehead atoms. The lowest BCUT2D eigenvalue weighted by Gasteiger charge is -2.55. The molecule has 5 rings (SSSR count). The van der Waals surface area contributed by atoms with Crippen LogP contribution in [0.15, 0.2) is 0 Å². The molecule has 5 fully saturated rings. The Morgan fingerprint density at radius 1 is 1.05 bits per heavy atom. The van der Waals surface area contributed by atoms with Gasteiger partial charge >= 0.3 is 5.97 Å². The van der Waals surface area contributed by atoms with Crippen LogP contribution in [0.2, 0.25) is 0 Å². The molecule has 5 heteroatoms. The number of aliphatic hydroxyl groups is 1. The maximum absolute atomic E-state index is 11.9. The second-order valence-corrected chi connectivity index (χ2v) is 16.4. The zero-order valence-corrected chi connectivity index (χ0v) is 26.6. The first kappa shape index (κ1) is 29.8. The van der Waals surface area contributed by atoms with Crippen LogP contribution in [0.3, 0.4) is 0 Å². The zero-order valence-electron chi connectivity index (χ0n) is 26.6. The summed E-state index contributed by atoms with van der Waals surface area (Å²) in [5.41, 5.74) is 0.369. The largest absolute Gasteiger partial charge is 0.457 e. The third kappa shape index (κ3) is 4.46. The molecule has 4 aliphatic carbocycles. The maximum Gasteiger partial charge on any atom is 0.303 e. The number of esters is 1. The predicted molar refractivity (Wildman–Crippen MR) is 154 cm³/mol. The topological polar surface area (TPSA) is 65.0 Å².